The maximum absolute atomic E-state index is 12.3. The summed E-state index contributed by atoms with van der Waals surface area (Å²) < 4.78 is 0. The van der Waals surface area contributed by atoms with Gasteiger partial charge in [0.05, 0.1) is 4.92 Å². The van der Waals surface area contributed by atoms with Crippen molar-refractivity contribution in [3.63, 3.8) is 0 Å². The molecule has 0 spiro atoms. The van der Waals surface area contributed by atoms with E-state index in [4.69, 9.17) is 0 Å². The van der Waals surface area contributed by atoms with Crippen molar-refractivity contribution >= 4 is 11.6 Å². The minimum Gasteiger partial charge on any atom is -0.339 e. The Morgan fingerprint density at radius 2 is 2.00 bits per heavy atom. The van der Waals surface area contributed by atoms with Crippen LogP contribution in [0.5, 0.6) is 0 Å². The number of hydrogen-bond donors (Lipinski definition) is 0. The number of nitro benzene ring substituents is 1. The van der Waals surface area contributed by atoms with Crippen LogP contribution in [0.4, 0.5) is 5.69 Å². The molecule has 1 heterocycles. The third kappa shape index (κ3) is 2.92. The van der Waals surface area contributed by atoms with E-state index < -0.39 is 4.92 Å². The van der Waals surface area contributed by atoms with Crippen molar-refractivity contribution in [1.82, 2.24) is 4.90 Å². The van der Waals surface area contributed by atoms with Crippen LogP contribution in [-0.2, 0) is 0 Å². The molecule has 0 atom stereocenters. The van der Waals surface area contributed by atoms with E-state index in [1.165, 1.54) is 6.07 Å². The summed E-state index contributed by atoms with van der Waals surface area (Å²) in [5, 5.41) is 10.9. The Kier molecular flexibility index (Phi) is 3.83. The van der Waals surface area contributed by atoms with Crippen LogP contribution in [0.25, 0.3) is 0 Å². The Hall–Kier alpha value is -1.91. The van der Waals surface area contributed by atoms with Gasteiger partial charge in [0, 0.05) is 30.3 Å². The maximum Gasteiger partial charge on any atom is 0.273 e. The van der Waals surface area contributed by atoms with Crippen molar-refractivity contribution in [2.45, 2.75) is 26.7 Å². The number of hydrogen-bond acceptors (Lipinski definition) is 3. The van der Waals surface area contributed by atoms with E-state index >= 15 is 0 Å². The highest BCUT2D eigenvalue weighted by Crippen LogP contribution is 2.22. The van der Waals surface area contributed by atoms with Crippen LogP contribution >= 0.6 is 0 Å². The van der Waals surface area contributed by atoms with Crippen LogP contribution in [-0.4, -0.2) is 28.8 Å². The van der Waals surface area contributed by atoms with Crippen LogP contribution in [0.2, 0.25) is 0 Å². The molecule has 0 unspecified atom stereocenters. The van der Waals surface area contributed by atoms with E-state index in [2.05, 4.69) is 6.92 Å². The Bertz CT molecular complexity index is 505. The number of benzene rings is 1. The third-order valence-corrected chi connectivity index (χ3v) is 3.72. The van der Waals surface area contributed by atoms with Gasteiger partial charge in [-0.25, -0.2) is 0 Å². The molecule has 102 valence electrons. The zero-order valence-corrected chi connectivity index (χ0v) is 11.3. The first-order chi connectivity index (χ1) is 8.99. The average molecular weight is 262 g/mol. The number of nitrogens with zero attached hydrogens (tertiary/aromatic N) is 2. The molecule has 0 radical (unpaired) electrons. The number of nitro groups is 1. The molecule has 1 aromatic carbocycles. The molecule has 1 aromatic rings. The van der Waals surface area contributed by atoms with Gasteiger partial charge in [0.15, 0.2) is 0 Å². The lowest BCUT2D eigenvalue weighted by molar-refractivity contribution is -0.385. The Labute approximate surface area is 112 Å². The first-order valence-electron chi connectivity index (χ1n) is 6.53. The monoisotopic (exact) mass is 262 g/mol. The average Bonchev–Trinajstić information content (AvgIpc) is 2.39. The fraction of sp³-hybridized carbons (Fsp3) is 0.500. The van der Waals surface area contributed by atoms with Crippen molar-refractivity contribution in [3.8, 4) is 0 Å². The number of likely N-dealkylation sites (tertiary alicyclic amines) is 1. The van der Waals surface area contributed by atoms with Gasteiger partial charge >= 0.3 is 0 Å². The highest BCUT2D eigenvalue weighted by Gasteiger charge is 2.23. The predicted octanol–water partition coefficient (Wildman–Crippen LogP) is 2.78. The molecular weight excluding hydrogens is 244 g/mol. The Morgan fingerprint density at radius 1 is 1.37 bits per heavy atom. The Balaban J connectivity index is 2.20. The summed E-state index contributed by atoms with van der Waals surface area (Å²) in [6, 6.07) is 4.69. The van der Waals surface area contributed by atoms with Gasteiger partial charge in [-0.2, -0.15) is 0 Å². The molecule has 0 N–H and O–H groups in total. The molecule has 0 aromatic heterocycles. The largest absolute Gasteiger partial charge is 0.339 e. The minimum absolute atomic E-state index is 0.0104. The molecular formula is C14H18N2O3. The van der Waals surface area contributed by atoms with Crippen molar-refractivity contribution in [2.75, 3.05) is 13.1 Å². The van der Waals surface area contributed by atoms with Crippen molar-refractivity contribution < 1.29 is 9.72 Å². The summed E-state index contributed by atoms with van der Waals surface area (Å²) in [6.45, 7) is 5.33. The zero-order chi connectivity index (χ0) is 14.0. The van der Waals surface area contributed by atoms with Crippen LogP contribution in [0.15, 0.2) is 18.2 Å². The summed E-state index contributed by atoms with van der Waals surface area (Å²) in [5.41, 5.74) is 0.997. The summed E-state index contributed by atoms with van der Waals surface area (Å²) in [6.07, 6.45) is 2.00. The van der Waals surface area contributed by atoms with Gasteiger partial charge in [-0.1, -0.05) is 13.0 Å². The standard InChI is InChI=1S/C14H18N2O3/c1-10-5-7-15(8-6-10)14(17)12-4-3-11(2)13(9-12)16(18)19/h3-4,9-10H,5-8H2,1-2H3. The lowest BCUT2D eigenvalue weighted by Crippen LogP contribution is -2.37. The molecule has 0 saturated carbocycles. The van der Waals surface area contributed by atoms with Gasteiger partial charge in [0.25, 0.3) is 11.6 Å². The number of carbonyl (C=O) groups excluding carboxylic acids is 1. The van der Waals surface area contributed by atoms with Gasteiger partial charge in [-0.05, 0) is 31.7 Å². The summed E-state index contributed by atoms with van der Waals surface area (Å²) in [5.74, 6) is 0.548. The second-order valence-corrected chi connectivity index (χ2v) is 5.23. The molecule has 5 heteroatoms. The number of amides is 1. The Morgan fingerprint density at radius 3 is 2.58 bits per heavy atom. The van der Waals surface area contributed by atoms with E-state index in [1.807, 2.05) is 0 Å². The molecule has 2 rings (SSSR count). The first kappa shape index (κ1) is 13.5. The number of aryl methyl sites for hydroxylation is 1. The quantitative estimate of drug-likeness (QED) is 0.608. The molecule has 0 aliphatic carbocycles. The van der Waals surface area contributed by atoms with Crippen LogP contribution in [0, 0.1) is 23.0 Å². The number of carbonyl (C=O) groups is 1. The maximum atomic E-state index is 12.3. The van der Waals surface area contributed by atoms with Gasteiger partial charge in [0.2, 0.25) is 0 Å². The van der Waals surface area contributed by atoms with E-state index in [0.29, 0.717) is 17.0 Å². The van der Waals surface area contributed by atoms with Crippen LogP contribution in [0.3, 0.4) is 0 Å². The summed E-state index contributed by atoms with van der Waals surface area (Å²) in [4.78, 5) is 24.5. The van der Waals surface area contributed by atoms with Crippen molar-refractivity contribution in [1.29, 1.82) is 0 Å². The van der Waals surface area contributed by atoms with Gasteiger partial charge < -0.3 is 4.90 Å². The first-order valence-corrected chi connectivity index (χ1v) is 6.53. The van der Waals surface area contributed by atoms with E-state index in [1.54, 1.807) is 24.0 Å². The van der Waals surface area contributed by atoms with Crippen molar-refractivity contribution in [3.05, 3.63) is 39.4 Å². The number of piperidine rings is 1. The minimum atomic E-state index is -0.440. The van der Waals surface area contributed by atoms with E-state index in [9.17, 15) is 14.9 Å². The third-order valence-electron chi connectivity index (χ3n) is 3.72. The molecule has 19 heavy (non-hydrogen) atoms. The predicted molar refractivity (Wildman–Crippen MR) is 72.1 cm³/mol. The molecule has 1 saturated heterocycles. The molecule has 5 nitrogen and oxygen atoms in total. The normalized spacial score (nSPS) is 16.4. The lowest BCUT2D eigenvalue weighted by Gasteiger charge is -2.30. The van der Waals surface area contributed by atoms with E-state index in [-0.39, 0.29) is 11.6 Å². The summed E-state index contributed by atoms with van der Waals surface area (Å²) in [7, 11) is 0. The molecule has 1 amide bonds. The lowest BCUT2D eigenvalue weighted by atomic mass is 9.98. The van der Waals surface area contributed by atoms with Crippen LogP contribution in [0.1, 0.15) is 35.7 Å². The fourth-order valence-electron chi connectivity index (χ4n) is 2.33. The van der Waals surface area contributed by atoms with Crippen LogP contribution < -0.4 is 0 Å². The van der Waals surface area contributed by atoms with Gasteiger partial charge in [-0.15, -0.1) is 0 Å². The number of rotatable bonds is 2. The highest BCUT2D eigenvalue weighted by molar-refractivity contribution is 5.95. The molecule has 1 fully saturated rings. The highest BCUT2D eigenvalue weighted by atomic mass is 16.6. The molecule has 0 bridgehead atoms. The molecule has 1 aliphatic rings. The van der Waals surface area contributed by atoms with Gasteiger partial charge in [0.1, 0.15) is 0 Å². The van der Waals surface area contributed by atoms with Gasteiger partial charge in [-0.3, -0.25) is 14.9 Å². The van der Waals surface area contributed by atoms with Crippen molar-refractivity contribution in [2.24, 2.45) is 5.92 Å². The summed E-state index contributed by atoms with van der Waals surface area (Å²) >= 11 is 0. The second-order valence-electron chi connectivity index (χ2n) is 5.23. The second kappa shape index (κ2) is 5.38. The van der Waals surface area contributed by atoms with E-state index in [0.717, 1.165) is 25.9 Å². The zero-order valence-electron chi connectivity index (χ0n) is 11.3. The topological polar surface area (TPSA) is 63.5 Å². The SMILES string of the molecule is Cc1ccc(C(=O)N2CCC(C)CC2)cc1[N+](=O)[O-]. The molecule has 1 aliphatic heterocycles. The smallest absolute Gasteiger partial charge is 0.273 e. The fourth-order valence-corrected chi connectivity index (χ4v) is 2.33.